The van der Waals surface area contributed by atoms with Crippen LogP contribution in [0.15, 0.2) is 23.2 Å². The number of ether oxygens (including phenoxy) is 3. The van der Waals surface area contributed by atoms with E-state index in [1.165, 1.54) is 11.1 Å². The Labute approximate surface area is 186 Å². The molecule has 0 radical (unpaired) electrons. The first kappa shape index (κ1) is 25.0. The highest BCUT2D eigenvalue weighted by molar-refractivity contribution is 14.0. The molecule has 0 saturated carbocycles. The number of hydrogen-bond acceptors (Lipinski definition) is 4. The number of aryl methyl sites for hydroxylation is 2. The fraction of sp³-hybridized carbons (Fsp3) is 0.667. The monoisotopic (exact) mass is 505 g/mol. The van der Waals surface area contributed by atoms with Crippen LogP contribution in [0.25, 0.3) is 0 Å². The minimum Gasteiger partial charge on any atom is -0.492 e. The van der Waals surface area contributed by atoms with Crippen molar-refractivity contribution in [1.29, 1.82) is 0 Å². The van der Waals surface area contributed by atoms with E-state index in [0.717, 1.165) is 63.9 Å². The van der Waals surface area contributed by atoms with Crippen LogP contribution < -0.4 is 15.4 Å². The number of benzene rings is 1. The van der Waals surface area contributed by atoms with Crippen LogP contribution in [0, 0.1) is 19.8 Å². The summed E-state index contributed by atoms with van der Waals surface area (Å²) < 4.78 is 16.9. The van der Waals surface area contributed by atoms with E-state index >= 15 is 0 Å². The number of guanidine groups is 1. The summed E-state index contributed by atoms with van der Waals surface area (Å²) in [5, 5.41) is 6.58. The van der Waals surface area contributed by atoms with Crippen molar-refractivity contribution in [2.75, 3.05) is 53.2 Å². The second kappa shape index (κ2) is 14.9. The Kier molecular flexibility index (Phi) is 13.3. The molecule has 1 heterocycles. The highest BCUT2D eigenvalue weighted by Crippen LogP contribution is 2.16. The smallest absolute Gasteiger partial charge is 0.191 e. The van der Waals surface area contributed by atoms with E-state index in [-0.39, 0.29) is 24.0 Å². The zero-order valence-electron chi connectivity index (χ0n) is 17.5. The van der Waals surface area contributed by atoms with Crippen LogP contribution in [-0.2, 0) is 9.47 Å². The van der Waals surface area contributed by atoms with Gasteiger partial charge in [0.15, 0.2) is 5.96 Å². The Hall–Kier alpha value is -1.06. The molecule has 0 aromatic heterocycles. The van der Waals surface area contributed by atoms with Crippen LogP contribution in [0.3, 0.4) is 0 Å². The normalized spacial score (nSPS) is 15.0. The molecule has 0 atom stereocenters. The summed E-state index contributed by atoms with van der Waals surface area (Å²) in [6.07, 6.45) is 3.21. The third-order valence-corrected chi connectivity index (χ3v) is 4.53. The zero-order valence-corrected chi connectivity index (χ0v) is 19.8. The molecule has 0 bridgehead atoms. The second-order valence-electron chi connectivity index (χ2n) is 7.08. The van der Waals surface area contributed by atoms with Crippen LogP contribution in [0.1, 0.15) is 30.4 Å². The van der Waals surface area contributed by atoms with Gasteiger partial charge in [0, 0.05) is 40.0 Å². The Bertz CT molecular complexity index is 558. The maximum atomic E-state index is 5.80. The molecule has 28 heavy (non-hydrogen) atoms. The standard InChI is InChI=1S/C21H35N3O3.HI/c1-17-13-18(2)15-20(14-17)27-12-8-24-21(22-3)23-7-4-9-26-16-19-5-10-25-11-6-19;/h13-15,19H,4-12,16H2,1-3H3,(H2,22,23,24);1H. The van der Waals surface area contributed by atoms with Gasteiger partial charge in [0.05, 0.1) is 6.54 Å². The van der Waals surface area contributed by atoms with Crippen molar-refractivity contribution in [3.05, 3.63) is 29.3 Å². The van der Waals surface area contributed by atoms with Gasteiger partial charge in [-0.2, -0.15) is 0 Å². The molecule has 7 heteroatoms. The second-order valence-corrected chi connectivity index (χ2v) is 7.08. The first-order chi connectivity index (χ1) is 13.2. The van der Waals surface area contributed by atoms with Crippen LogP contribution in [-0.4, -0.2) is 59.1 Å². The maximum Gasteiger partial charge on any atom is 0.191 e. The van der Waals surface area contributed by atoms with Crippen molar-refractivity contribution in [3.8, 4) is 5.75 Å². The molecule has 0 amide bonds. The van der Waals surface area contributed by atoms with E-state index < -0.39 is 0 Å². The lowest BCUT2D eigenvalue weighted by Crippen LogP contribution is -2.40. The van der Waals surface area contributed by atoms with Gasteiger partial charge in [0.25, 0.3) is 0 Å². The first-order valence-electron chi connectivity index (χ1n) is 9.98. The average molecular weight is 505 g/mol. The minimum atomic E-state index is 0. The lowest BCUT2D eigenvalue weighted by atomic mass is 10.0. The van der Waals surface area contributed by atoms with Gasteiger partial charge in [-0.3, -0.25) is 4.99 Å². The Morgan fingerprint density at radius 1 is 1.07 bits per heavy atom. The summed E-state index contributed by atoms with van der Waals surface area (Å²) in [6.45, 7) is 9.68. The van der Waals surface area contributed by atoms with Crippen LogP contribution in [0.2, 0.25) is 0 Å². The average Bonchev–Trinajstić information content (AvgIpc) is 2.66. The SMILES string of the molecule is CN=C(NCCCOCC1CCOCC1)NCCOc1cc(C)cc(C)c1.I. The van der Waals surface area contributed by atoms with Crippen LogP contribution in [0.4, 0.5) is 0 Å². The number of halogens is 1. The van der Waals surface area contributed by atoms with Gasteiger partial charge in [-0.05, 0) is 62.3 Å². The molecular formula is C21H36IN3O3. The summed E-state index contributed by atoms with van der Waals surface area (Å²) in [4.78, 5) is 4.24. The molecule has 6 nitrogen and oxygen atoms in total. The van der Waals surface area contributed by atoms with Crippen molar-refractivity contribution in [3.63, 3.8) is 0 Å². The molecule has 1 aromatic carbocycles. The Morgan fingerprint density at radius 3 is 2.43 bits per heavy atom. The molecule has 1 aliphatic heterocycles. The Balaban J connectivity index is 0.00000392. The molecule has 0 aliphatic carbocycles. The molecular weight excluding hydrogens is 469 g/mol. The predicted molar refractivity (Wildman–Crippen MR) is 125 cm³/mol. The lowest BCUT2D eigenvalue weighted by molar-refractivity contribution is 0.0203. The number of aliphatic imine (C=N–C) groups is 1. The molecule has 0 unspecified atom stereocenters. The number of hydrogen-bond donors (Lipinski definition) is 2. The maximum absolute atomic E-state index is 5.80. The van der Waals surface area contributed by atoms with Gasteiger partial charge in [-0.25, -0.2) is 0 Å². The van der Waals surface area contributed by atoms with Gasteiger partial charge >= 0.3 is 0 Å². The zero-order chi connectivity index (χ0) is 19.3. The molecule has 1 aliphatic rings. The van der Waals surface area contributed by atoms with Gasteiger partial charge in [-0.15, -0.1) is 24.0 Å². The summed E-state index contributed by atoms with van der Waals surface area (Å²) in [5.74, 6) is 2.38. The number of rotatable bonds is 10. The van der Waals surface area contributed by atoms with E-state index in [1.807, 2.05) is 0 Å². The van der Waals surface area contributed by atoms with E-state index in [9.17, 15) is 0 Å². The predicted octanol–water partition coefficient (Wildman–Crippen LogP) is 3.30. The van der Waals surface area contributed by atoms with Crippen LogP contribution >= 0.6 is 24.0 Å². The van der Waals surface area contributed by atoms with Gasteiger partial charge < -0.3 is 24.8 Å². The van der Waals surface area contributed by atoms with Gasteiger partial charge in [0.1, 0.15) is 12.4 Å². The number of nitrogens with zero attached hydrogens (tertiary/aromatic N) is 1. The summed E-state index contributed by atoms with van der Waals surface area (Å²) in [5.41, 5.74) is 2.43. The third-order valence-electron chi connectivity index (χ3n) is 4.53. The molecule has 2 rings (SSSR count). The quantitative estimate of drug-likeness (QED) is 0.221. The molecule has 1 fully saturated rings. The third kappa shape index (κ3) is 10.5. The highest BCUT2D eigenvalue weighted by Gasteiger charge is 2.13. The van der Waals surface area contributed by atoms with E-state index in [0.29, 0.717) is 19.1 Å². The van der Waals surface area contributed by atoms with Gasteiger partial charge in [0.2, 0.25) is 0 Å². The molecule has 2 N–H and O–H groups in total. The molecule has 1 aromatic rings. The minimum absolute atomic E-state index is 0. The Morgan fingerprint density at radius 2 is 1.75 bits per heavy atom. The van der Waals surface area contributed by atoms with Crippen LogP contribution in [0.5, 0.6) is 5.75 Å². The van der Waals surface area contributed by atoms with Crippen molar-refractivity contribution in [2.24, 2.45) is 10.9 Å². The number of nitrogens with one attached hydrogen (secondary N) is 2. The summed E-state index contributed by atoms with van der Waals surface area (Å²) in [6, 6.07) is 6.25. The fourth-order valence-electron chi connectivity index (χ4n) is 3.12. The van der Waals surface area contributed by atoms with E-state index in [2.05, 4.69) is 47.7 Å². The van der Waals surface area contributed by atoms with E-state index in [4.69, 9.17) is 14.2 Å². The molecule has 160 valence electrons. The fourth-order valence-corrected chi connectivity index (χ4v) is 3.12. The first-order valence-corrected chi connectivity index (χ1v) is 9.98. The van der Waals surface area contributed by atoms with Crippen molar-refractivity contribution in [1.82, 2.24) is 10.6 Å². The largest absolute Gasteiger partial charge is 0.492 e. The summed E-state index contributed by atoms with van der Waals surface area (Å²) >= 11 is 0. The van der Waals surface area contributed by atoms with Crippen molar-refractivity contribution in [2.45, 2.75) is 33.1 Å². The van der Waals surface area contributed by atoms with Crippen molar-refractivity contribution >= 4 is 29.9 Å². The highest BCUT2D eigenvalue weighted by atomic mass is 127. The summed E-state index contributed by atoms with van der Waals surface area (Å²) in [7, 11) is 1.78. The van der Waals surface area contributed by atoms with Gasteiger partial charge in [-0.1, -0.05) is 6.07 Å². The van der Waals surface area contributed by atoms with E-state index in [1.54, 1.807) is 7.05 Å². The molecule has 0 spiro atoms. The molecule has 1 saturated heterocycles. The topological polar surface area (TPSA) is 64.1 Å². The van der Waals surface area contributed by atoms with Crippen molar-refractivity contribution < 1.29 is 14.2 Å². The lowest BCUT2D eigenvalue weighted by Gasteiger charge is -2.21.